The van der Waals surface area contributed by atoms with Crippen molar-refractivity contribution in [2.24, 2.45) is 11.8 Å². The summed E-state index contributed by atoms with van der Waals surface area (Å²) in [6.07, 6.45) is 0. The summed E-state index contributed by atoms with van der Waals surface area (Å²) in [5.41, 5.74) is 0.764. The maximum atomic E-state index is 12.2. The molecule has 2 aromatic rings. The Bertz CT molecular complexity index is 684. The minimum atomic E-state index is 0.00954. The second-order valence-electron chi connectivity index (χ2n) is 5.75. The lowest BCUT2D eigenvalue weighted by molar-refractivity contribution is -0.121. The Labute approximate surface area is 140 Å². The molecule has 1 fully saturated rings. The fourth-order valence-corrected chi connectivity index (χ4v) is 2.57. The first-order valence-corrected chi connectivity index (χ1v) is 8.05. The topological polar surface area (TPSA) is 50.4 Å². The van der Waals surface area contributed by atoms with Crippen LogP contribution in [0.25, 0.3) is 0 Å². The summed E-state index contributed by atoms with van der Waals surface area (Å²) < 4.78 is 5.73. The third kappa shape index (κ3) is 3.84. The number of carbonyl (C=O) groups excluding carboxylic acids is 1. The molecule has 23 heavy (non-hydrogen) atoms. The van der Waals surface area contributed by atoms with E-state index in [1.807, 2.05) is 49.4 Å². The number of benzene rings is 2. The monoisotopic (exact) mass is 330 g/mol. The zero-order valence-corrected chi connectivity index (χ0v) is 13.6. The van der Waals surface area contributed by atoms with Crippen molar-refractivity contribution in [3.63, 3.8) is 0 Å². The van der Waals surface area contributed by atoms with Gasteiger partial charge in [0.1, 0.15) is 11.5 Å². The molecule has 2 aromatic carbocycles. The van der Waals surface area contributed by atoms with Crippen LogP contribution in [0, 0.1) is 11.8 Å². The zero-order valence-electron chi connectivity index (χ0n) is 12.9. The second-order valence-corrected chi connectivity index (χ2v) is 6.16. The molecule has 0 spiro atoms. The molecule has 1 amide bonds. The number of amides is 1. The average Bonchev–Trinajstić information content (AvgIpc) is 2.49. The van der Waals surface area contributed by atoms with Crippen LogP contribution in [-0.2, 0) is 4.79 Å². The minimum Gasteiger partial charge on any atom is -0.456 e. The largest absolute Gasteiger partial charge is 0.456 e. The number of halogens is 1. The van der Waals surface area contributed by atoms with Crippen molar-refractivity contribution in [1.82, 2.24) is 5.32 Å². The maximum Gasteiger partial charge on any atom is 0.227 e. The number of nitrogens with one attached hydrogen (secondary N) is 2. The maximum absolute atomic E-state index is 12.2. The summed E-state index contributed by atoms with van der Waals surface area (Å²) in [4.78, 5) is 12.2. The molecular weight excluding hydrogens is 312 g/mol. The van der Waals surface area contributed by atoms with Crippen LogP contribution < -0.4 is 15.4 Å². The van der Waals surface area contributed by atoms with Gasteiger partial charge in [-0.2, -0.15) is 0 Å². The Morgan fingerprint density at radius 3 is 2.52 bits per heavy atom. The van der Waals surface area contributed by atoms with E-state index in [1.165, 1.54) is 0 Å². The van der Waals surface area contributed by atoms with E-state index in [9.17, 15) is 4.79 Å². The number of rotatable bonds is 5. The fourth-order valence-electron chi connectivity index (χ4n) is 2.40. The van der Waals surface area contributed by atoms with Gasteiger partial charge in [0.15, 0.2) is 0 Å². The van der Waals surface area contributed by atoms with E-state index in [0.29, 0.717) is 22.4 Å². The summed E-state index contributed by atoms with van der Waals surface area (Å²) >= 11 is 6.07. The second kappa shape index (κ2) is 7.02. The Hall–Kier alpha value is -2.04. The van der Waals surface area contributed by atoms with Crippen molar-refractivity contribution in [2.45, 2.75) is 6.92 Å². The molecule has 2 N–H and O–H groups in total. The highest BCUT2D eigenvalue weighted by Gasteiger charge is 2.28. The van der Waals surface area contributed by atoms with Crippen LogP contribution in [0.3, 0.4) is 0 Å². The molecular formula is C18H19ClN2O2. The molecule has 1 aliphatic heterocycles. The van der Waals surface area contributed by atoms with Crippen LogP contribution in [-0.4, -0.2) is 19.0 Å². The summed E-state index contributed by atoms with van der Waals surface area (Å²) in [7, 11) is 0. The van der Waals surface area contributed by atoms with E-state index in [0.717, 1.165) is 18.8 Å². The number of ether oxygens (including phenoxy) is 1. The Morgan fingerprint density at radius 2 is 1.91 bits per heavy atom. The molecule has 0 radical (unpaired) electrons. The van der Waals surface area contributed by atoms with Gasteiger partial charge in [-0.1, -0.05) is 30.7 Å². The number of hydrogen-bond acceptors (Lipinski definition) is 3. The molecule has 0 aliphatic carbocycles. The minimum absolute atomic E-state index is 0.00954. The van der Waals surface area contributed by atoms with E-state index in [1.54, 1.807) is 6.07 Å². The lowest BCUT2D eigenvalue weighted by Gasteiger charge is -2.31. The molecule has 0 saturated carbocycles. The first-order valence-electron chi connectivity index (χ1n) is 7.67. The summed E-state index contributed by atoms with van der Waals surface area (Å²) in [5, 5.41) is 6.70. The van der Waals surface area contributed by atoms with E-state index in [-0.39, 0.29) is 11.8 Å². The highest BCUT2D eigenvalue weighted by atomic mass is 35.5. The van der Waals surface area contributed by atoms with Gasteiger partial charge in [0.05, 0.1) is 5.02 Å². The quantitative estimate of drug-likeness (QED) is 0.873. The van der Waals surface area contributed by atoms with Gasteiger partial charge in [-0.05, 0) is 55.4 Å². The first kappa shape index (κ1) is 15.8. The van der Waals surface area contributed by atoms with Crippen LogP contribution in [0.5, 0.6) is 11.5 Å². The molecule has 0 aromatic heterocycles. The Morgan fingerprint density at radius 1 is 1.22 bits per heavy atom. The Balaban J connectivity index is 1.60. The van der Waals surface area contributed by atoms with Crippen molar-refractivity contribution in [1.29, 1.82) is 0 Å². The van der Waals surface area contributed by atoms with E-state index < -0.39 is 0 Å². The summed E-state index contributed by atoms with van der Waals surface area (Å²) in [6.45, 7) is 3.80. The van der Waals surface area contributed by atoms with Gasteiger partial charge < -0.3 is 15.4 Å². The molecule has 3 rings (SSSR count). The molecule has 1 atom stereocenters. The van der Waals surface area contributed by atoms with Crippen LogP contribution >= 0.6 is 11.6 Å². The first-order chi connectivity index (χ1) is 11.1. The van der Waals surface area contributed by atoms with Gasteiger partial charge in [0, 0.05) is 11.6 Å². The summed E-state index contributed by atoms with van der Waals surface area (Å²) in [5.74, 6) is 1.77. The highest BCUT2D eigenvalue weighted by Crippen LogP contribution is 2.29. The molecule has 0 bridgehead atoms. The van der Waals surface area contributed by atoms with Crippen LogP contribution in [0.4, 0.5) is 5.69 Å². The highest BCUT2D eigenvalue weighted by molar-refractivity contribution is 6.32. The van der Waals surface area contributed by atoms with E-state index in [2.05, 4.69) is 10.6 Å². The summed E-state index contributed by atoms with van der Waals surface area (Å²) in [6, 6.07) is 14.6. The van der Waals surface area contributed by atoms with Crippen molar-refractivity contribution < 1.29 is 9.53 Å². The van der Waals surface area contributed by atoms with Crippen molar-refractivity contribution in [3.05, 3.63) is 53.6 Å². The standard InChI is InChI=1S/C18H19ClN2O2/c1-12(13-10-20-11-13)18(22)21-14-6-8-15(9-7-14)23-17-5-3-2-4-16(17)19/h2-9,12-13,20H,10-11H2,1H3,(H,21,22). The number of para-hydroxylation sites is 1. The van der Waals surface area contributed by atoms with Crippen LogP contribution in [0.15, 0.2) is 48.5 Å². The zero-order chi connectivity index (χ0) is 16.2. The number of anilines is 1. The molecule has 120 valence electrons. The van der Waals surface area contributed by atoms with Gasteiger partial charge in [-0.15, -0.1) is 0 Å². The van der Waals surface area contributed by atoms with Crippen molar-refractivity contribution in [3.8, 4) is 11.5 Å². The molecule has 1 aliphatic rings. The van der Waals surface area contributed by atoms with Gasteiger partial charge in [0.25, 0.3) is 0 Å². The predicted molar refractivity (Wildman–Crippen MR) is 92.1 cm³/mol. The van der Waals surface area contributed by atoms with Gasteiger partial charge in [-0.25, -0.2) is 0 Å². The Kier molecular flexibility index (Phi) is 4.84. The third-order valence-corrected chi connectivity index (χ3v) is 4.43. The third-order valence-electron chi connectivity index (χ3n) is 4.12. The van der Waals surface area contributed by atoms with Crippen molar-refractivity contribution >= 4 is 23.2 Å². The molecule has 1 saturated heterocycles. The average molecular weight is 331 g/mol. The van der Waals surface area contributed by atoms with Crippen LogP contribution in [0.1, 0.15) is 6.92 Å². The number of carbonyl (C=O) groups is 1. The fraction of sp³-hybridized carbons (Fsp3) is 0.278. The molecule has 1 heterocycles. The lowest BCUT2D eigenvalue weighted by atomic mass is 9.88. The van der Waals surface area contributed by atoms with E-state index in [4.69, 9.17) is 16.3 Å². The molecule has 4 nitrogen and oxygen atoms in total. The van der Waals surface area contributed by atoms with Gasteiger partial charge in [-0.3, -0.25) is 4.79 Å². The number of hydrogen-bond donors (Lipinski definition) is 2. The molecule has 1 unspecified atom stereocenters. The molecule has 5 heteroatoms. The van der Waals surface area contributed by atoms with Gasteiger partial charge >= 0.3 is 0 Å². The van der Waals surface area contributed by atoms with Crippen molar-refractivity contribution in [2.75, 3.05) is 18.4 Å². The normalized spacial score (nSPS) is 15.6. The van der Waals surface area contributed by atoms with E-state index >= 15 is 0 Å². The van der Waals surface area contributed by atoms with Crippen LogP contribution in [0.2, 0.25) is 5.02 Å². The lowest BCUT2D eigenvalue weighted by Crippen LogP contribution is -2.48. The van der Waals surface area contributed by atoms with Gasteiger partial charge in [0.2, 0.25) is 5.91 Å². The smallest absolute Gasteiger partial charge is 0.227 e. The SMILES string of the molecule is CC(C(=O)Nc1ccc(Oc2ccccc2Cl)cc1)C1CNC1. The predicted octanol–water partition coefficient (Wildman–Crippen LogP) is 3.93.